The summed E-state index contributed by atoms with van der Waals surface area (Å²) in [5.41, 5.74) is 6.33. The first-order valence-corrected chi connectivity index (χ1v) is 7.28. The van der Waals surface area contributed by atoms with Gasteiger partial charge in [0, 0.05) is 6.04 Å². The summed E-state index contributed by atoms with van der Waals surface area (Å²) in [5.74, 6) is -0.120. The first-order chi connectivity index (χ1) is 9.13. The predicted octanol–water partition coefficient (Wildman–Crippen LogP) is 3.19. The van der Waals surface area contributed by atoms with E-state index >= 15 is 0 Å². The minimum absolute atomic E-state index is 0.120. The fourth-order valence-corrected chi connectivity index (χ4v) is 2.01. The van der Waals surface area contributed by atoms with Crippen molar-refractivity contribution in [3.05, 3.63) is 35.9 Å². The third-order valence-electron chi connectivity index (χ3n) is 3.55. The Kier molecular flexibility index (Phi) is 5.35. The standard InChI is InChI=1S/C17H28N2O/c1-13(11-12-16(2,3)4)19-15(20)17(5,18)14-9-7-6-8-10-14/h6-10,13H,11-12,18H2,1-5H3,(H,19,20). The van der Waals surface area contributed by atoms with E-state index in [-0.39, 0.29) is 17.4 Å². The van der Waals surface area contributed by atoms with Crippen molar-refractivity contribution in [2.45, 2.75) is 59.0 Å². The van der Waals surface area contributed by atoms with Crippen molar-refractivity contribution in [3.8, 4) is 0 Å². The summed E-state index contributed by atoms with van der Waals surface area (Å²) in [6, 6.07) is 9.63. The summed E-state index contributed by atoms with van der Waals surface area (Å²) in [5, 5.41) is 3.03. The molecule has 0 heterocycles. The van der Waals surface area contributed by atoms with Crippen LogP contribution < -0.4 is 11.1 Å². The van der Waals surface area contributed by atoms with E-state index in [2.05, 4.69) is 26.1 Å². The van der Waals surface area contributed by atoms with Gasteiger partial charge in [-0.1, -0.05) is 51.1 Å². The number of carbonyl (C=O) groups excluding carboxylic acids is 1. The number of amides is 1. The quantitative estimate of drug-likeness (QED) is 0.867. The molecule has 0 bridgehead atoms. The van der Waals surface area contributed by atoms with Crippen LogP contribution in [0.1, 0.15) is 53.0 Å². The highest BCUT2D eigenvalue weighted by Crippen LogP contribution is 2.22. The smallest absolute Gasteiger partial charge is 0.244 e. The van der Waals surface area contributed by atoms with Crippen molar-refractivity contribution < 1.29 is 4.79 Å². The molecule has 0 radical (unpaired) electrons. The maximum atomic E-state index is 12.4. The molecule has 0 aromatic heterocycles. The van der Waals surface area contributed by atoms with Crippen molar-refractivity contribution in [1.82, 2.24) is 5.32 Å². The molecule has 20 heavy (non-hydrogen) atoms. The summed E-state index contributed by atoms with van der Waals surface area (Å²) in [6.45, 7) is 10.4. The Morgan fingerprint density at radius 3 is 2.25 bits per heavy atom. The lowest BCUT2D eigenvalue weighted by atomic mass is 9.88. The maximum Gasteiger partial charge on any atom is 0.244 e. The first-order valence-electron chi connectivity index (χ1n) is 7.28. The van der Waals surface area contributed by atoms with Gasteiger partial charge in [-0.25, -0.2) is 0 Å². The summed E-state index contributed by atoms with van der Waals surface area (Å²) in [4.78, 5) is 12.4. The number of rotatable bonds is 5. The molecule has 1 aromatic carbocycles. The number of hydrogen-bond donors (Lipinski definition) is 2. The van der Waals surface area contributed by atoms with Gasteiger partial charge in [0.15, 0.2) is 0 Å². The largest absolute Gasteiger partial charge is 0.352 e. The Morgan fingerprint density at radius 2 is 1.75 bits per heavy atom. The van der Waals surface area contributed by atoms with Crippen molar-refractivity contribution in [2.75, 3.05) is 0 Å². The monoisotopic (exact) mass is 276 g/mol. The molecule has 0 aliphatic carbocycles. The van der Waals surface area contributed by atoms with E-state index in [0.29, 0.717) is 0 Å². The average Bonchev–Trinajstić information content (AvgIpc) is 2.36. The van der Waals surface area contributed by atoms with E-state index < -0.39 is 5.54 Å². The van der Waals surface area contributed by atoms with Gasteiger partial charge in [-0.2, -0.15) is 0 Å². The summed E-state index contributed by atoms with van der Waals surface area (Å²) in [6.07, 6.45) is 2.03. The molecular formula is C17H28N2O. The van der Waals surface area contributed by atoms with Crippen LogP contribution in [0.3, 0.4) is 0 Å². The zero-order chi connectivity index (χ0) is 15.4. The number of hydrogen-bond acceptors (Lipinski definition) is 2. The van der Waals surface area contributed by atoms with Gasteiger partial charge in [-0.05, 0) is 37.7 Å². The SMILES string of the molecule is CC(CCC(C)(C)C)NC(=O)C(C)(N)c1ccccc1. The van der Waals surface area contributed by atoms with Crippen molar-refractivity contribution >= 4 is 5.91 Å². The number of benzene rings is 1. The van der Waals surface area contributed by atoms with Crippen LogP contribution in [0.25, 0.3) is 0 Å². The van der Waals surface area contributed by atoms with Crippen LogP contribution in [0.5, 0.6) is 0 Å². The molecule has 2 unspecified atom stereocenters. The lowest BCUT2D eigenvalue weighted by molar-refractivity contribution is -0.126. The Balaban J connectivity index is 2.62. The van der Waals surface area contributed by atoms with Crippen molar-refractivity contribution in [3.63, 3.8) is 0 Å². The van der Waals surface area contributed by atoms with Crippen molar-refractivity contribution in [1.29, 1.82) is 0 Å². The van der Waals surface area contributed by atoms with Gasteiger partial charge in [-0.3, -0.25) is 4.79 Å². The first kappa shape index (κ1) is 16.7. The molecule has 0 spiro atoms. The van der Waals surface area contributed by atoms with E-state index in [1.54, 1.807) is 6.92 Å². The Labute approximate surface area is 122 Å². The third kappa shape index (κ3) is 4.97. The molecule has 2 atom stereocenters. The highest BCUT2D eigenvalue weighted by molar-refractivity contribution is 5.87. The summed E-state index contributed by atoms with van der Waals surface area (Å²) >= 11 is 0. The van der Waals surface area contributed by atoms with Gasteiger partial charge in [-0.15, -0.1) is 0 Å². The van der Waals surface area contributed by atoms with Crippen molar-refractivity contribution in [2.24, 2.45) is 11.1 Å². The van der Waals surface area contributed by atoms with Gasteiger partial charge in [0.2, 0.25) is 5.91 Å². The van der Waals surface area contributed by atoms with Crippen LogP contribution >= 0.6 is 0 Å². The number of nitrogens with one attached hydrogen (secondary N) is 1. The highest BCUT2D eigenvalue weighted by atomic mass is 16.2. The van der Waals surface area contributed by atoms with E-state index in [1.165, 1.54) is 0 Å². The number of carbonyl (C=O) groups is 1. The molecule has 3 heteroatoms. The maximum absolute atomic E-state index is 12.4. The van der Waals surface area contributed by atoms with E-state index in [1.807, 2.05) is 37.3 Å². The Bertz CT molecular complexity index is 432. The molecule has 0 aliphatic heterocycles. The zero-order valence-corrected chi connectivity index (χ0v) is 13.4. The van der Waals surface area contributed by atoms with Gasteiger partial charge < -0.3 is 11.1 Å². The summed E-state index contributed by atoms with van der Waals surface area (Å²) < 4.78 is 0. The van der Waals surface area contributed by atoms with E-state index in [0.717, 1.165) is 18.4 Å². The summed E-state index contributed by atoms with van der Waals surface area (Å²) in [7, 11) is 0. The van der Waals surface area contributed by atoms with Gasteiger partial charge in [0.05, 0.1) is 0 Å². The molecule has 0 saturated heterocycles. The minimum Gasteiger partial charge on any atom is -0.352 e. The topological polar surface area (TPSA) is 55.1 Å². The van der Waals surface area contributed by atoms with E-state index in [9.17, 15) is 4.79 Å². The number of nitrogens with two attached hydrogens (primary N) is 1. The molecule has 3 nitrogen and oxygen atoms in total. The highest BCUT2D eigenvalue weighted by Gasteiger charge is 2.31. The van der Waals surface area contributed by atoms with Crippen LogP contribution in [0.2, 0.25) is 0 Å². The fraction of sp³-hybridized carbons (Fsp3) is 0.588. The molecule has 0 aliphatic rings. The molecule has 1 rings (SSSR count). The lowest BCUT2D eigenvalue weighted by Gasteiger charge is -2.27. The molecule has 1 aromatic rings. The molecule has 0 fully saturated rings. The minimum atomic E-state index is -0.989. The van der Waals surface area contributed by atoms with Gasteiger partial charge in [0.1, 0.15) is 5.54 Å². The predicted molar refractivity (Wildman–Crippen MR) is 84.3 cm³/mol. The van der Waals surface area contributed by atoms with Crippen LogP contribution in [-0.4, -0.2) is 11.9 Å². The lowest BCUT2D eigenvalue weighted by Crippen LogP contribution is -2.51. The Hall–Kier alpha value is -1.35. The molecule has 3 N–H and O–H groups in total. The third-order valence-corrected chi connectivity index (χ3v) is 3.55. The average molecular weight is 276 g/mol. The zero-order valence-electron chi connectivity index (χ0n) is 13.4. The van der Waals surface area contributed by atoms with Crippen LogP contribution in [0.4, 0.5) is 0 Å². The van der Waals surface area contributed by atoms with Crippen LogP contribution in [0, 0.1) is 5.41 Å². The normalized spacial score (nSPS) is 16.3. The Morgan fingerprint density at radius 1 is 1.20 bits per heavy atom. The van der Waals surface area contributed by atoms with E-state index in [4.69, 9.17) is 5.73 Å². The molecule has 1 amide bonds. The van der Waals surface area contributed by atoms with Crippen LogP contribution in [-0.2, 0) is 10.3 Å². The second-order valence-electron chi connectivity index (χ2n) is 7.04. The molecular weight excluding hydrogens is 248 g/mol. The molecule has 0 saturated carbocycles. The second-order valence-corrected chi connectivity index (χ2v) is 7.04. The van der Waals surface area contributed by atoms with Crippen LogP contribution in [0.15, 0.2) is 30.3 Å². The van der Waals surface area contributed by atoms with Gasteiger partial charge in [0.25, 0.3) is 0 Å². The molecule has 112 valence electrons. The fourth-order valence-electron chi connectivity index (χ4n) is 2.01. The second kappa shape index (κ2) is 6.40. The van der Waals surface area contributed by atoms with Gasteiger partial charge >= 0.3 is 0 Å².